The molecule has 0 bridgehead atoms. The summed E-state index contributed by atoms with van der Waals surface area (Å²) in [5, 5.41) is 4.85. The topological polar surface area (TPSA) is 19.7 Å². The van der Waals surface area contributed by atoms with Crippen LogP contribution in [0.1, 0.15) is 12.5 Å². The number of rotatable bonds is 2. The predicted octanol–water partition coefficient (Wildman–Crippen LogP) is 1.57. The zero-order valence-electron chi connectivity index (χ0n) is 11.5. The molecule has 0 saturated carbocycles. The molecule has 1 aliphatic heterocycles. The van der Waals surface area contributed by atoms with Crippen LogP contribution >= 0.6 is 23.8 Å². The third-order valence-corrected chi connectivity index (χ3v) is 4.45. The third-order valence-electron chi connectivity index (χ3n) is 3.68. The largest absolute Gasteiger partial charge is 0.338 e. The summed E-state index contributed by atoms with van der Waals surface area (Å²) < 4.78 is 0. The van der Waals surface area contributed by atoms with Crippen molar-refractivity contribution in [2.24, 2.45) is 0 Å². The van der Waals surface area contributed by atoms with Crippen LogP contribution < -0.4 is 10.2 Å². The average molecular weight is 299 g/mol. The summed E-state index contributed by atoms with van der Waals surface area (Å²) in [6.07, 6.45) is 0. The smallest absolute Gasteiger partial charge is 0.173 e. The van der Waals surface area contributed by atoms with Crippen molar-refractivity contribution in [1.29, 1.82) is 0 Å². The van der Waals surface area contributed by atoms with Gasteiger partial charge in [0, 0.05) is 10.7 Å². The van der Waals surface area contributed by atoms with Crippen LogP contribution in [0, 0.1) is 6.92 Å². The molecule has 2 rings (SSSR count). The maximum atomic E-state index is 6.12. The minimum Gasteiger partial charge on any atom is -0.338 e. The van der Waals surface area contributed by atoms with Gasteiger partial charge in [-0.2, -0.15) is 0 Å². The fraction of sp³-hybridized carbons (Fsp3) is 0.500. The summed E-state index contributed by atoms with van der Waals surface area (Å²) in [5.41, 5.74) is 2.05. The van der Waals surface area contributed by atoms with E-state index in [2.05, 4.69) is 17.1 Å². The second kappa shape index (κ2) is 6.55. The van der Waals surface area contributed by atoms with Crippen molar-refractivity contribution in [2.75, 3.05) is 38.0 Å². The highest BCUT2D eigenvalue weighted by molar-refractivity contribution is 7.80. The Kier molecular flexibility index (Phi) is 5.02. The molecule has 19 heavy (non-hydrogen) atoms. The number of hydrogen-bond acceptors (Lipinski definition) is 1. The molecule has 0 radical (unpaired) electrons. The maximum absolute atomic E-state index is 6.12. The van der Waals surface area contributed by atoms with Gasteiger partial charge in [0.15, 0.2) is 5.11 Å². The first-order chi connectivity index (χ1) is 9.10. The highest BCUT2D eigenvalue weighted by Crippen LogP contribution is 2.20. The highest BCUT2D eigenvalue weighted by Gasteiger charge is 2.20. The lowest BCUT2D eigenvalue weighted by Gasteiger charge is -2.33. The molecule has 0 atom stereocenters. The summed E-state index contributed by atoms with van der Waals surface area (Å²) in [5.74, 6) is 0. The molecule has 0 amide bonds. The van der Waals surface area contributed by atoms with E-state index in [0.29, 0.717) is 0 Å². The van der Waals surface area contributed by atoms with E-state index in [1.165, 1.54) is 6.54 Å². The highest BCUT2D eigenvalue weighted by atomic mass is 35.5. The lowest BCUT2D eigenvalue weighted by atomic mass is 10.2. The second-order valence-corrected chi connectivity index (χ2v) is 5.78. The molecule has 1 saturated heterocycles. The monoisotopic (exact) mass is 298 g/mol. The SMILES string of the molecule is CC[NH+]1CCN(C(=S)Nc2ccc(C)c(Cl)c2)CC1. The standard InChI is InChI=1S/C14H20ClN3S/c1-3-17-6-8-18(9-7-17)14(19)16-12-5-4-11(2)13(15)10-12/h4-5,10H,3,6-9H2,1-2H3,(H,16,19)/p+1. The number of nitrogens with zero attached hydrogens (tertiary/aromatic N) is 1. The number of anilines is 1. The molecule has 0 aliphatic carbocycles. The van der Waals surface area contributed by atoms with Gasteiger partial charge in [0.2, 0.25) is 0 Å². The Morgan fingerprint density at radius 3 is 2.68 bits per heavy atom. The summed E-state index contributed by atoms with van der Waals surface area (Å²) >= 11 is 11.6. The number of hydrogen-bond donors (Lipinski definition) is 2. The fourth-order valence-electron chi connectivity index (χ4n) is 2.25. The van der Waals surface area contributed by atoms with Gasteiger partial charge in [0.25, 0.3) is 0 Å². The van der Waals surface area contributed by atoms with Gasteiger partial charge in [-0.3, -0.25) is 0 Å². The van der Waals surface area contributed by atoms with Gasteiger partial charge >= 0.3 is 0 Å². The van der Waals surface area contributed by atoms with Crippen LogP contribution in [-0.2, 0) is 0 Å². The molecule has 1 aromatic carbocycles. The molecule has 2 N–H and O–H groups in total. The molecule has 0 aromatic heterocycles. The molecule has 0 unspecified atom stereocenters. The van der Waals surface area contributed by atoms with Gasteiger partial charge in [-0.15, -0.1) is 0 Å². The molecular weight excluding hydrogens is 278 g/mol. The van der Waals surface area contributed by atoms with Crippen molar-refractivity contribution >= 4 is 34.6 Å². The quantitative estimate of drug-likeness (QED) is 0.809. The average Bonchev–Trinajstić information content (AvgIpc) is 2.43. The summed E-state index contributed by atoms with van der Waals surface area (Å²) in [7, 11) is 0. The normalized spacial score (nSPS) is 16.5. The summed E-state index contributed by atoms with van der Waals surface area (Å²) in [6, 6.07) is 5.95. The minimum atomic E-state index is 0.771. The number of benzene rings is 1. The zero-order valence-corrected chi connectivity index (χ0v) is 13.1. The van der Waals surface area contributed by atoms with E-state index < -0.39 is 0 Å². The van der Waals surface area contributed by atoms with E-state index in [-0.39, 0.29) is 0 Å². The Morgan fingerprint density at radius 2 is 2.11 bits per heavy atom. The first kappa shape index (κ1) is 14.6. The van der Waals surface area contributed by atoms with Crippen molar-refractivity contribution in [1.82, 2.24) is 4.90 Å². The molecule has 3 nitrogen and oxygen atoms in total. The Bertz CT molecular complexity index is 456. The van der Waals surface area contributed by atoms with Crippen LogP contribution in [0.3, 0.4) is 0 Å². The number of aryl methyl sites for hydroxylation is 1. The minimum absolute atomic E-state index is 0.771. The first-order valence-electron chi connectivity index (χ1n) is 6.75. The Labute approximate surface area is 125 Å². The predicted molar refractivity (Wildman–Crippen MR) is 85.2 cm³/mol. The van der Waals surface area contributed by atoms with Gasteiger partial charge in [-0.05, 0) is 43.8 Å². The molecule has 1 aliphatic rings. The van der Waals surface area contributed by atoms with E-state index >= 15 is 0 Å². The number of likely N-dealkylation sites (N-methyl/N-ethyl adjacent to an activating group) is 1. The molecular formula is C14H21ClN3S+. The number of thiocarbonyl (C=S) groups is 1. The fourth-order valence-corrected chi connectivity index (χ4v) is 2.73. The maximum Gasteiger partial charge on any atom is 0.173 e. The van der Waals surface area contributed by atoms with Crippen LogP contribution in [-0.4, -0.2) is 42.7 Å². The van der Waals surface area contributed by atoms with Crippen LogP contribution in [0.5, 0.6) is 0 Å². The van der Waals surface area contributed by atoms with Crippen LogP contribution in [0.2, 0.25) is 5.02 Å². The van der Waals surface area contributed by atoms with Gasteiger partial charge in [0.05, 0.1) is 32.7 Å². The van der Waals surface area contributed by atoms with E-state index in [9.17, 15) is 0 Å². The van der Waals surface area contributed by atoms with Crippen LogP contribution in [0.25, 0.3) is 0 Å². The van der Waals surface area contributed by atoms with Gasteiger partial charge in [0.1, 0.15) is 0 Å². The Hall–Kier alpha value is -0.840. The first-order valence-corrected chi connectivity index (χ1v) is 7.54. The van der Waals surface area contributed by atoms with Crippen molar-refractivity contribution < 1.29 is 4.90 Å². The van der Waals surface area contributed by atoms with Gasteiger partial charge in [-0.25, -0.2) is 0 Å². The van der Waals surface area contributed by atoms with E-state index in [1.54, 1.807) is 4.90 Å². The number of piperazine rings is 1. The van der Waals surface area contributed by atoms with Crippen molar-refractivity contribution in [3.63, 3.8) is 0 Å². The number of quaternary nitrogens is 1. The molecule has 1 aromatic rings. The lowest BCUT2D eigenvalue weighted by molar-refractivity contribution is -0.902. The van der Waals surface area contributed by atoms with Gasteiger partial charge < -0.3 is 15.1 Å². The molecule has 5 heteroatoms. The van der Waals surface area contributed by atoms with Gasteiger partial charge in [-0.1, -0.05) is 17.7 Å². The molecule has 1 heterocycles. The van der Waals surface area contributed by atoms with Crippen molar-refractivity contribution in [2.45, 2.75) is 13.8 Å². The van der Waals surface area contributed by atoms with Crippen LogP contribution in [0.4, 0.5) is 5.69 Å². The Balaban J connectivity index is 1.92. The molecule has 0 spiro atoms. The summed E-state index contributed by atoms with van der Waals surface area (Å²) in [6.45, 7) is 9.79. The van der Waals surface area contributed by atoms with E-state index in [0.717, 1.165) is 47.6 Å². The number of halogens is 1. The Morgan fingerprint density at radius 1 is 1.42 bits per heavy atom. The molecule has 104 valence electrons. The van der Waals surface area contributed by atoms with E-state index in [1.807, 2.05) is 25.1 Å². The summed E-state index contributed by atoms with van der Waals surface area (Å²) in [4.78, 5) is 3.89. The zero-order chi connectivity index (χ0) is 13.8. The number of nitrogens with one attached hydrogen (secondary N) is 2. The van der Waals surface area contributed by atoms with Crippen molar-refractivity contribution in [3.8, 4) is 0 Å². The van der Waals surface area contributed by atoms with Crippen molar-refractivity contribution in [3.05, 3.63) is 28.8 Å². The second-order valence-electron chi connectivity index (χ2n) is 4.98. The third kappa shape index (κ3) is 3.81. The molecule has 1 fully saturated rings. The van der Waals surface area contributed by atoms with E-state index in [4.69, 9.17) is 23.8 Å². The lowest BCUT2D eigenvalue weighted by Crippen LogP contribution is -3.14. The van der Waals surface area contributed by atoms with Crippen LogP contribution in [0.15, 0.2) is 18.2 Å².